The van der Waals surface area contributed by atoms with Crippen LogP contribution >= 0.6 is 15.6 Å². The second-order valence-electron chi connectivity index (χ2n) is 13.1. The van der Waals surface area contributed by atoms with E-state index in [0.29, 0.717) is 30.4 Å². The number of imidazole rings is 1. The van der Waals surface area contributed by atoms with Crippen molar-refractivity contribution in [3.8, 4) is 0 Å². The molecule has 1 fully saturated rings. The van der Waals surface area contributed by atoms with Gasteiger partial charge in [-0.05, 0) is 44.4 Å². The molecule has 1 aliphatic carbocycles. The van der Waals surface area contributed by atoms with E-state index in [1.807, 2.05) is 0 Å². The fourth-order valence-corrected chi connectivity index (χ4v) is 7.92. The topological polar surface area (TPSA) is 264 Å². The van der Waals surface area contributed by atoms with Gasteiger partial charge in [0.05, 0.1) is 31.7 Å². The minimum atomic E-state index is -5.22. The van der Waals surface area contributed by atoms with Crippen molar-refractivity contribution in [3.05, 3.63) is 12.7 Å². The highest BCUT2D eigenvalue weighted by Gasteiger charge is 2.44. The highest BCUT2D eigenvalue weighted by molar-refractivity contribution is 7.61. The number of anilines is 1. The van der Waals surface area contributed by atoms with Gasteiger partial charge in [-0.1, -0.05) is 27.2 Å². The van der Waals surface area contributed by atoms with Crippen molar-refractivity contribution < 1.29 is 56.9 Å². The Morgan fingerprint density at radius 3 is 2.35 bits per heavy atom. The Morgan fingerprint density at radius 2 is 1.67 bits per heavy atom. The highest BCUT2D eigenvalue weighted by atomic mass is 31.3. The van der Waals surface area contributed by atoms with E-state index in [1.54, 1.807) is 11.5 Å². The predicted molar refractivity (Wildman–Crippen MR) is 172 cm³/mol. The number of fused-ring (bicyclic) bond motifs is 1. The number of nitrogen functional groups attached to an aromatic ring is 1. The summed E-state index contributed by atoms with van der Waals surface area (Å²) in [7, 11) is -10.4. The average molecular weight is 720 g/mol. The van der Waals surface area contributed by atoms with Gasteiger partial charge in [-0.2, -0.15) is 4.31 Å². The third-order valence-corrected chi connectivity index (χ3v) is 11.2. The van der Waals surface area contributed by atoms with Crippen molar-refractivity contribution in [3.63, 3.8) is 0 Å². The van der Waals surface area contributed by atoms with Crippen LogP contribution in [0.1, 0.15) is 91.5 Å². The summed E-state index contributed by atoms with van der Waals surface area (Å²) < 4.78 is 41.1. The molecule has 2 aromatic heterocycles. The lowest BCUT2D eigenvalue weighted by molar-refractivity contribution is -0.134. The molecule has 7 atom stereocenters. The molecule has 17 nitrogen and oxygen atoms in total. The molecule has 1 saturated carbocycles. The second-order valence-corrected chi connectivity index (χ2v) is 16.1. The summed E-state index contributed by atoms with van der Waals surface area (Å²) in [5, 5.41) is 21.5. The number of ketones is 3. The molecule has 0 radical (unpaired) electrons. The summed E-state index contributed by atoms with van der Waals surface area (Å²) in [6, 6.07) is -0.523. The molecule has 1 aliphatic rings. The Hall–Kier alpha value is -2.46. The molecule has 270 valence electrons. The number of carbonyl (C=O) groups excluding carboxylic acids is 3. The summed E-state index contributed by atoms with van der Waals surface area (Å²) in [6.07, 6.45) is 3.69. The molecule has 48 heavy (non-hydrogen) atoms. The molecule has 0 spiro atoms. The number of rotatable bonds is 21. The summed E-state index contributed by atoms with van der Waals surface area (Å²) in [4.78, 5) is 68.3. The van der Waals surface area contributed by atoms with E-state index in [0.717, 1.165) is 12.8 Å². The number of aromatic nitrogens is 4. The smallest absolute Gasteiger partial charge is 0.391 e. The van der Waals surface area contributed by atoms with Crippen molar-refractivity contribution in [1.29, 1.82) is 0 Å². The van der Waals surface area contributed by atoms with E-state index >= 15 is 0 Å². The van der Waals surface area contributed by atoms with Gasteiger partial charge in [-0.3, -0.25) is 18.6 Å². The van der Waals surface area contributed by atoms with Gasteiger partial charge in [0.15, 0.2) is 17.2 Å². The first-order valence-electron chi connectivity index (χ1n) is 15.8. The lowest BCUT2D eigenvalue weighted by atomic mass is 9.84. The number of phosphoric acid groups is 2. The first-order valence-corrected chi connectivity index (χ1v) is 18.8. The monoisotopic (exact) mass is 719 g/mol. The summed E-state index contributed by atoms with van der Waals surface area (Å²) in [5.41, 5.74) is 5.21. The molecule has 6 N–H and O–H groups in total. The summed E-state index contributed by atoms with van der Waals surface area (Å²) >= 11 is 0. The summed E-state index contributed by atoms with van der Waals surface area (Å²) in [6.45, 7) is 4.91. The highest BCUT2D eigenvalue weighted by Crippen LogP contribution is 2.61. The lowest BCUT2D eigenvalue weighted by Gasteiger charge is -2.30. The molecular weight excluding hydrogens is 672 g/mol. The number of Topliss-reactive ketones (excluding diaryl/α,β-unsaturated/α-hetero) is 3. The van der Waals surface area contributed by atoms with Crippen LogP contribution < -0.4 is 5.73 Å². The van der Waals surface area contributed by atoms with Crippen LogP contribution in [-0.4, -0.2) is 82.3 Å². The zero-order valence-corrected chi connectivity index (χ0v) is 29.4. The lowest BCUT2D eigenvalue weighted by Crippen LogP contribution is -2.39. The van der Waals surface area contributed by atoms with Gasteiger partial charge in [0, 0.05) is 31.1 Å². The quantitative estimate of drug-likeness (QED) is 0.0913. The van der Waals surface area contributed by atoms with Crippen LogP contribution in [0.2, 0.25) is 0 Å². The number of unbranched alkanes of at least 4 members (excludes halogenated alkanes) is 2. The fraction of sp³-hybridized carbons (Fsp3) is 0.724. The van der Waals surface area contributed by atoms with E-state index in [-0.39, 0.29) is 43.1 Å². The minimum absolute atomic E-state index is 0.0254. The average Bonchev–Trinajstić information content (AvgIpc) is 3.55. The van der Waals surface area contributed by atoms with Gasteiger partial charge in [-0.15, -0.1) is 0 Å². The molecule has 0 amide bonds. The number of phosphoric ester groups is 2. The Morgan fingerprint density at radius 1 is 1.02 bits per heavy atom. The fourth-order valence-electron chi connectivity index (χ4n) is 5.63. The third kappa shape index (κ3) is 11.3. The molecule has 0 bridgehead atoms. The Kier molecular flexibility index (Phi) is 14.1. The van der Waals surface area contributed by atoms with Crippen LogP contribution in [0.3, 0.4) is 0 Å². The predicted octanol–water partition coefficient (Wildman–Crippen LogP) is 3.45. The molecule has 2 heterocycles. The maximum Gasteiger partial charge on any atom is 0.481 e. The van der Waals surface area contributed by atoms with Crippen LogP contribution in [0, 0.1) is 17.3 Å². The summed E-state index contributed by atoms with van der Waals surface area (Å²) in [5.74, 6) is -1.25. The zero-order valence-electron chi connectivity index (χ0n) is 27.6. The first kappa shape index (κ1) is 40.0. The van der Waals surface area contributed by atoms with Gasteiger partial charge in [0.2, 0.25) is 0 Å². The third-order valence-electron chi connectivity index (χ3n) is 8.63. The molecule has 0 aromatic carbocycles. The Balaban J connectivity index is 1.44. The SMILES string of the molecule is CC(=O)CCCCCC(=O)CCCC(=O)[C@H](O)C(C)(C)COP(=O)(O)OP(=O)(O)OCC1CC(n2cnc3c(N)ncnc32)C(O)C1C. The largest absolute Gasteiger partial charge is 0.481 e. The van der Waals surface area contributed by atoms with Gasteiger partial charge in [0.25, 0.3) is 0 Å². The number of carbonyl (C=O) groups is 3. The van der Waals surface area contributed by atoms with Crippen molar-refractivity contribution in [2.24, 2.45) is 17.3 Å². The standard InChI is InChI=1S/C29H47N5O12P2/c1-18(35)9-6-5-7-10-21(36)11-8-12-23(37)26(39)29(3,4)15-45-48(42,43)46-47(40,41)44-14-20-13-22(25(38)19(20)2)34-17-33-24-27(30)31-16-32-28(24)34/h16-17,19-20,22,25-26,38-39H,5-15H2,1-4H3,(H,40,41)(H,42,43)(H2,30,31,32)/t19?,20?,22?,25?,26-/m0/s1. The van der Waals surface area contributed by atoms with Crippen molar-refractivity contribution >= 4 is 50.0 Å². The van der Waals surface area contributed by atoms with Crippen LogP contribution in [0.4, 0.5) is 5.82 Å². The van der Waals surface area contributed by atoms with E-state index in [2.05, 4.69) is 19.3 Å². The van der Waals surface area contributed by atoms with Gasteiger partial charge in [-0.25, -0.2) is 24.1 Å². The van der Waals surface area contributed by atoms with Crippen molar-refractivity contribution in [2.45, 2.75) is 104 Å². The second kappa shape index (κ2) is 17.0. The Bertz CT molecular complexity index is 1530. The molecule has 0 saturated heterocycles. The molecular formula is C29H47N5O12P2. The van der Waals surface area contributed by atoms with Gasteiger partial charge >= 0.3 is 15.6 Å². The van der Waals surface area contributed by atoms with E-state index < -0.39 is 70.1 Å². The molecule has 6 unspecified atom stereocenters. The van der Waals surface area contributed by atoms with Gasteiger partial charge in [0.1, 0.15) is 29.5 Å². The normalized spacial score (nSPS) is 23.1. The molecule has 2 aromatic rings. The van der Waals surface area contributed by atoms with Crippen molar-refractivity contribution in [1.82, 2.24) is 19.5 Å². The number of aliphatic hydroxyl groups is 2. The van der Waals surface area contributed by atoms with E-state index in [9.17, 15) is 43.5 Å². The minimum Gasteiger partial charge on any atom is -0.391 e. The van der Waals surface area contributed by atoms with Crippen LogP contribution in [0.5, 0.6) is 0 Å². The number of nitrogens with two attached hydrogens (primary N) is 1. The zero-order chi connectivity index (χ0) is 35.9. The number of aliphatic hydroxyl groups excluding tert-OH is 2. The van der Waals surface area contributed by atoms with Crippen LogP contribution in [0.25, 0.3) is 11.2 Å². The first-order chi connectivity index (χ1) is 22.3. The van der Waals surface area contributed by atoms with Gasteiger partial charge < -0.3 is 35.1 Å². The van der Waals surface area contributed by atoms with Crippen LogP contribution in [-0.2, 0) is 36.9 Å². The molecule has 0 aliphatic heterocycles. The van der Waals surface area contributed by atoms with Crippen LogP contribution in [0.15, 0.2) is 12.7 Å². The van der Waals surface area contributed by atoms with E-state index in [4.69, 9.17) is 14.8 Å². The maximum absolute atomic E-state index is 12.6. The van der Waals surface area contributed by atoms with E-state index in [1.165, 1.54) is 33.4 Å². The molecule has 19 heteroatoms. The van der Waals surface area contributed by atoms with Crippen molar-refractivity contribution in [2.75, 3.05) is 18.9 Å². The maximum atomic E-state index is 12.6. The number of nitrogens with zero attached hydrogens (tertiary/aromatic N) is 4. The number of hydrogen-bond acceptors (Lipinski definition) is 14. The number of hydrogen-bond donors (Lipinski definition) is 5. The Labute approximate surface area is 278 Å². The molecule has 3 rings (SSSR count).